The van der Waals surface area contributed by atoms with Gasteiger partial charge in [-0.05, 0) is 38.5 Å². The lowest BCUT2D eigenvalue weighted by Crippen LogP contribution is -2.32. The van der Waals surface area contributed by atoms with Crippen LogP contribution in [0.5, 0.6) is 0 Å². The molecule has 90 valence electrons. The van der Waals surface area contributed by atoms with Gasteiger partial charge in [0.25, 0.3) is 0 Å². The van der Waals surface area contributed by atoms with Gasteiger partial charge in [0.05, 0.1) is 5.57 Å². The summed E-state index contributed by atoms with van der Waals surface area (Å²) < 4.78 is 0. The smallest absolute Gasteiger partial charge is 0.338 e. The van der Waals surface area contributed by atoms with Gasteiger partial charge in [0.1, 0.15) is 0 Å². The van der Waals surface area contributed by atoms with Crippen molar-refractivity contribution >= 4 is 12.2 Å². The second kappa shape index (κ2) is 5.68. The lowest BCUT2D eigenvalue weighted by atomic mass is 9.87. The molecule has 1 aliphatic rings. The van der Waals surface area contributed by atoms with Gasteiger partial charge in [0.15, 0.2) is 0 Å². The van der Waals surface area contributed by atoms with Crippen molar-refractivity contribution in [1.29, 1.82) is 5.41 Å². The Morgan fingerprint density at radius 3 is 2.38 bits per heavy atom. The van der Waals surface area contributed by atoms with Gasteiger partial charge < -0.3 is 15.8 Å². The summed E-state index contributed by atoms with van der Waals surface area (Å²) in [5.74, 6) is -0.256. The molecule has 0 aromatic carbocycles. The average Bonchev–Trinajstić information content (AvgIpc) is 2.22. The fourth-order valence-electron chi connectivity index (χ4n) is 2.12. The molecule has 16 heavy (non-hydrogen) atoms. The Morgan fingerprint density at radius 1 is 1.38 bits per heavy atom. The van der Waals surface area contributed by atoms with E-state index in [1.807, 2.05) is 0 Å². The van der Waals surface area contributed by atoms with E-state index in [-0.39, 0.29) is 5.57 Å². The predicted octanol–water partition coefficient (Wildman–Crippen LogP) is 2.16. The Hall–Kier alpha value is -1.32. The van der Waals surface area contributed by atoms with Crippen molar-refractivity contribution < 1.29 is 9.90 Å². The van der Waals surface area contributed by atoms with Crippen LogP contribution in [0.1, 0.15) is 39.5 Å². The minimum atomic E-state index is -1.04. The molecule has 1 fully saturated rings. The summed E-state index contributed by atoms with van der Waals surface area (Å²) in [6.45, 7) is 3.98. The molecule has 4 nitrogen and oxygen atoms in total. The first kappa shape index (κ1) is 12.7. The molecule has 0 heterocycles. The monoisotopic (exact) mass is 224 g/mol. The van der Waals surface area contributed by atoms with Gasteiger partial charge in [-0.3, -0.25) is 0 Å². The third-order valence-electron chi connectivity index (χ3n) is 3.22. The summed E-state index contributed by atoms with van der Waals surface area (Å²) in [5.41, 5.74) is 0.653. The zero-order valence-corrected chi connectivity index (χ0v) is 9.92. The molecule has 0 unspecified atom stereocenters. The van der Waals surface area contributed by atoms with Crippen LogP contribution >= 0.6 is 0 Å². The van der Waals surface area contributed by atoms with E-state index in [4.69, 9.17) is 10.5 Å². The Kier molecular flexibility index (Phi) is 4.52. The standard InChI is InChI=1S/C12H20N2O2/c1-8-3-5-10(6-4-8)14-9(2)11(7-13)12(15)16/h7-8,10,13-14H,3-6H2,1-2H3,(H,15,16)/b11-9+,13-7?/t8-,10-. The molecule has 0 amide bonds. The number of aliphatic carboxylic acids is 1. The van der Waals surface area contributed by atoms with Gasteiger partial charge in [-0.1, -0.05) is 6.92 Å². The first-order chi connectivity index (χ1) is 7.54. The number of hydrogen-bond donors (Lipinski definition) is 3. The molecule has 4 heteroatoms. The molecule has 0 aromatic heterocycles. The fraction of sp³-hybridized carbons (Fsp3) is 0.667. The molecular weight excluding hydrogens is 204 g/mol. The highest BCUT2D eigenvalue weighted by Crippen LogP contribution is 2.24. The van der Waals surface area contributed by atoms with E-state index >= 15 is 0 Å². The van der Waals surface area contributed by atoms with E-state index in [1.54, 1.807) is 6.92 Å². The van der Waals surface area contributed by atoms with Crippen molar-refractivity contribution in [3.8, 4) is 0 Å². The van der Waals surface area contributed by atoms with Crippen molar-refractivity contribution in [3.63, 3.8) is 0 Å². The average molecular weight is 224 g/mol. The topological polar surface area (TPSA) is 73.2 Å². The fourth-order valence-corrected chi connectivity index (χ4v) is 2.12. The first-order valence-electron chi connectivity index (χ1n) is 5.75. The quantitative estimate of drug-likeness (QED) is 0.506. The lowest BCUT2D eigenvalue weighted by Gasteiger charge is -2.28. The number of nitrogens with one attached hydrogen (secondary N) is 2. The zero-order valence-electron chi connectivity index (χ0n) is 9.92. The van der Waals surface area contributed by atoms with Gasteiger partial charge in [-0.2, -0.15) is 0 Å². The van der Waals surface area contributed by atoms with Gasteiger partial charge >= 0.3 is 5.97 Å². The highest BCUT2D eigenvalue weighted by atomic mass is 16.4. The molecular formula is C12H20N2O2. The van der Waals surface area contributed by atoms with E-state index in [1.165, 1.54) is 12.8 Å². The molecule has 0 saturated heterocycles. The number of allylic oxidation sites excluding steroid dienone is 1. The summed E-state index contributed by atoms with van der Waals surface area (Å²) in [7, 11) is 0. The van der Waals surface area contributed by atoms with Crippen LogP contribution in [-0.4, -0.2) is 23.3 Å². The number of carbonyl (C=O) groups is 1. The number of carboxylic acid groups (broad SMARTS) is 1. The Labute approximate surface area is 96.2 Å². The maximum absolute atomic E-state index is 10.8. The summed E-state index contributed by atoms with van der Waals surface area (Å²) in [5, 5.41) is 19.2. The van der Waals surface area contributed by atoms with Crippen LogP contribution < -0.4 is 5.32 Å². The van der Waals surface area contributed by atoms with Crippen molar-refractivity contribution in [2.24, 2.45) is 5.92 Å². The molecule has 1 aliphatic carbocycles. The largest absolute Gasteiger partial charge is 0.478 e. The van der Waals surface area contributed by atoms with Gasteiger partial charge in [0.2, 0.25) is 0 Å². The number of hydrogen-bond acceptors (Lipinski definition) is 3. The van der Waals surface area contributed by atoms with Crippen LogP contribution in [-0.2, 0) is 4.79 Å². The Balaban J connectivity index is 2.59. The van der Waals surface area contributed by atoms with Crippen LogP contribution in [0, 0.1) is 11.3 Å². The lowest BCUT2D eigenvalue weighted by molar-refractivity contribution is -0.132. The minimum absolute atomic E-state index is 0.0543. The summed E-state index contributed by atoms with van der Waals surface area (Å²) in [6.07, 6.45) is 5.46. The van der Waals surface area contributed by atoms with Crippen molar-refractivity contribution in [1.82, 2.24) is 5.32 Å². The van der Waals surface area contributed by atoms with E-state index in [0.717, 1.165) is 25.0 Å². The summed E-state index contributed by atoms with van der Waals surface area (Å²) in [4.78, 5) is 10.8. The second-order valence-corrected chi connectivity index (χ2v) is 4.59. The number of carboxylic acids is 1. The van der Waals surface area contributed by atoms with E-state index in [0.29, 0.717) is 11.7 Å². The van der Waals surface area contributed by atoms with Gasteiger partial charge in [0, 0.05) is 18.0 Å². The molecule has 3 N–H and O–H groups in total. The third kappa shape index (κ3) is 3.36. The third-order valence-corrected chi connectivity index (χ3v) is 3.22. The van der Waals surface area contributed by atoms with Crippen LogP contribution in [0.25, 0.3) is 0 Å². The van der Waals surface area contributed by atoms with E-state index in [9.17, 15) is 4.79 Å². The van der Waals surface area contributed by atoms with Gasteiger partial charge in [-0.15, -0.1) is 0 Å². The first-order valence-corrected chi connectivity index (χ1v) is 5.75. The molecule has 0 aliphatic heterocycles. The molecule has 1 rings (SSSR count). The molecule has 0 aromatic rings. The van der Waals surface area contributed by atoms with Gasteiger partial charge in [-0.25, -0.2) is 4.79 Å². The highest BCUT2D eigenvalue weighted by molar-refractivity contribution is 6.08. The zero-order chi connectivity index (χ0) is 12.1. The summed E-state index contributed by atoms with van der Waals surface area (Å²) in [6, 6.07) is 0.366. The SMILES string of the molecule is C/C(N[C@H]1CC[C@H](C)CC1)=C(/C=N)C(=O)O. The highest BCUT2D eigenvalue weighted by Gasteiger charge is 2.19. The number of rotatable bonds is 4. The Morgan fingerprint density at radius 2 is 1.94 bits per heavy atom. The Bertz CT molecular complexity index is 302. The predicted molar refractivity (Wildman–Crippen MR) is 63.7 cm³/mol. The van der Waals surface area contributed by atoms with Crippen LogP contribution in [0.4, 0.5) is 0 Å². The van der Waals surface area contributed by atoms with Crippen molar-refractivity contribution in [3.05, 3.63) is 11.3 Å². The second-order valence-electron chi connectivity index (χ2n) is 4.59. The van der Waals surface area contributed by atoms with Crippen LogP contribution in [0.15, 0.2) is 11.3 Å². The van der Waals surface area contributed by atoms with Crippen molar-refractivity contribution in [2.75, 3.05) is 0 Å². The van der Waals surface area contributed by atoms with E-state index < -0.39 is 5.97 Å². The normalized spacial score (nSPS) is 26.9. The van der Waals surface area contributed by atoms with Crippen LogP contribution in [0.2, 0.25) is 0 Å². The maximum Gasteiger partial charge on any atom is 0.338 e. The molecule has 0 radical (unpaired) electrons. The maximum atomic E-state index is 10.8. The van der Waals surface area contributed by atoms with Crippen LogP contribution in [0.3, 0.4) is 0 Å². The summed E-state index contributed by atoms with van der Waals surface area (Å²) >= 11 is 0. The minimum Gasteiger partial charge on any atom is -0.478 e. The van der Waals surface area contributed by atoms with E-state index in [2.05, 4.69) is 12.2 Å². The van der Waals surface area contributed by atoms with Crippen molar-refractivity contribution in [2.45, 2.75) is 45.6 Å². The molecule has 0 bridgehead atoms. The molecule has 0 atom stereocenters. The molecule has 0 spiro atoms. The molecule has 1 saturated carbocycles.